The zero-order valence-corrected chi connectivity index (χ0v) is 9.53. The molecule has 0 aliphatic carbocycles. The first-order chi connectivity index (χ1) is 6.57. The molecular formula is C10H14BrNO2. The number of para-hydroxylation sites is 1. The first kappa shape index (κ1) is 11.5. The molecule has 78 valence electrons. The highest BCUT2D eigenvalue weighted by Crippen LogP contribution is 2.32. The molecule has 14 heavy (non-hydrogen) atoms. The number of phenols is 1. The summed E-state index contributed by atoms with van der Waals surface area (Å²) in [7, 11) is 0. The van der Waals surface area contributed by atoms with Crippen LogP contribution in [0.1, 0.15) is 24.9 Å². The molecule has 0 saturated heterocycles. The summed E-state index contributed by atoms with van der Waals surface area (Å²) in [5.74, 6) is 0.104. The highest BCUT2D eigenvalue weighted by Gasteiger charge is 2.18. The Hall–Kier alpha value is -0.580. The zero-order valence-electron chi connectivity index (χ0n) is 7.94. The molecule has 0 aromatic heterocycles. The second-order valence-electron chi connectivity index (χ2n) is 3.18. The SMILES string of the molecule is CC[C@H](O)[C@H](N)c1cccc(Br)c1O. The van der Waals surface area contributed by atoms with Crippen molar-refractivity contribution in [3.8, 4) is 5.75 Å². The minimum absolute atomic E-state index is 0.104. The zero-order chi connectivity index (χ0) is 10.7. The minimum atomic E-state index is -0.629. The smallest absolute Gasteiger partial charge is 0.134 e. The van der Waals surface area contributed by atoms with Crippen LogP contribution in [0, 0.1) is 0 Å². The van der Waals surface area contributed by atoms with Gasteiger partial charge in [-0.05, 0) is 28.4 Å². The van der Waals surface area contributed by atoms with Crippen LogP contribution in [-0.4, -0.2) is 16.3 Å². The highest BCUT2D eigenvalue weighted by molar-refractivity contribution is 9.10. The van der Waals surface area contributed by atoms with Gasteiger partial charge in [-0.1, -0.05) is 19.1 Å². The monoisotopic (exact) mass is 259 g/mol. The third kappa shape index (κ3) is 2.26. The second kappa shape index (κ2) is 4.77. The van der Waals surface area contributed by atoms with Crippen molar-refractivity contribution in [3.63, 3.8) is 0 Å². The lowest BCUT2D eigenvalue weighted by Crippen LogP contribution is -2.25. The van der Waals surface area contributed by atoms with Gasteiger partial charge in [0, 0.05) is 5.56 Å². The van der Waals surface area contributed by atoms with Crippen LogP contribution >= 0.6 is 15.9 Å². The van der Waals surface area contributed by atoms with Crippen molar-refractivity contribution < 1.29 is 10.2 Å². The lowest BCUT2D eigenvalue weighted by atomic mass is 10.00. The van der Waals surface area contributed by atoms with E-state index in [1.807, 2.05) is 6.92 Å². The van der Waals surface area contributed by atoms with Gasteiger partial charge in [0.05, 0.1) is 16.6 Å². The van der Waals surface area contributed by atoms with Crippen LogP contribution in [-0.2, 0) is 0 Å². The second-order valence-corrected chi connectivity index (χ2v) is 4.03. The van der Waals surface area contributed by atoms with Gasteiger partial charge >= 0.3 is 0 Å². The molecule has 0 aliphatic rings. The minimum Gasteiger partial charge on any atom is -0.506 e. The van der Waals surface area contributed by atoms with Crippen LogP contribution in [0.5, 0.6) is 5.75 Å². The topological polar surface area (TPSA) is 66.5 Å². The Kier molecular flexibility index (Phi) is 3.92. The summed E-state index contributed by atoms with van der Waals surface area (Å²) in [6.07, 6.45) is -0.0668. The number of aromatic hydroxyl groups is 1. The summed E-state index contributed by atoms with van der Waals surface area (Å²) in [6.45, 7) is 1.85. The van der Waals surface area contributed by atoms with E-state index in [0.29, 0.717) is 16.5 Å². The van der Waals surface area contributed by atoms with Gasteiger partial charge in [0.25, 0.3) is 0 Å². The van der Waals surface area contributed by atoms with E-state index >= 15 is 0 Å². The van der Waals surface area contributed by atoms with Crippen molar-refractivity contribution in [1.82, 2.24) is 0 Å². The quantitative estimate of drug-likeness (QED) is 0.777. The fraction of sp³-hybridized carbons (Fsp3) is 0.400. The van der Waals surface area contributed by atoms with Crippen LogP contribution in [0.3, 0.4) is 0 Å². The number of hydrogen-bond donors (Lipinski definition) is 3. The molecule has 0 radical (unpaired) electrons. The molecule has 0 fully saturated rings. The van der Waals surface area contributed by atoms with Crippen molar-refractivity contribution in [2.24, 2.45) is 5.73 Å². The number of rotatable bonds is 3. The maximum atomic E-state index is 9.67. The van der Waals surface area contributed by atoms with Crippen LogP contribution in [0.25, 0.3) is 0 Å². The normalized spacial score (nSPS) is 15.1. The molecule has 1 aromatic rings. The van der Waals surface area contributed by atoms with Crippen molar-refractivity contribution in [2.75, 3.05) is 0 Å². The number of halogens is 1. The van der Waals surface area contributed by atoms with E-state index in [0.717, 1.165) is 0 Å². The maximum absolute atomic E-state index is 9.67. The molecule has 1 aromatic carbocycles. The van der Waals surface area contributed by atoms with Gasteiger partial charge < -0.3 is 15.9 Å². The predicted octanol–water partition coefficient (Wildman–Crippen LogP) is 1.93. The van der Waals surface area contributed by atoms with Crippen LogP contribution in [0.15, 0.2) is 22.7 Å². The molecule has 3 nitrogen and oxygen atoms in total. The molecule has 4 N–H and O–H groups in total. The standard InChI is InChI=1S/C10H14BrNO2/c1-2-8(13)9(12)6-4-3-5-7(11)10(6)14/h3-5,8-9,13-14H,2,12H2,1H3/t8-,9+/m0/s1. The number of nitrogens with two attached hydrogens (primary N) is 1. The van der Waals surface area contributed by atoms with E-state index in [-0.39, 0.29) is 5.75 Å². The Morgan fingerprint density at radius 2 is 2.14 bits per heavy atom. The van der Waals surface area contributed by atoms with Crippen molar-refractivity contribution >= 4 is 15.9 Å². The Morgan fingerprint density at radius 1 is 1.50 bits per heavy atom. The summed E-state index contributed by atoms with van der Waals surface area (Å²) in [6, 6.07) is 4.67. The van der Waals surface area contributed by atoms with E-state index in [1.54, 1.807) is 18.2 Å². The summed E-state index contributed by atoms with van der Waals surface area (Å²) >= 11 is 3.20. The summed E-state index contributed by atoms with van der Waals surface area (Å²) in [5, 5.41) is 19.2. The lowest BCUT2D eigenvalue weighted by Gasteiger charge is -2.19. The molecular weight excluding hydrogens is 246 g/mol. The number of hydrogen-bond acceptors (Lipinski definition) is 3. The third-order valence-electron chi connectivity index (χ3n) is 2.21. The molecule has 0 saturated carbocycles. The van der Waals surface area contributed by atoms with Gasteiger partial charge in [-0.3, -0.25) is 0 Å². The van der Waals surface area contributed by atoms with Gasteiger partial charge in [-0.25, -0.2) is 0 Å². The first-order valence-corrected chi connectivity index (χ1v) is 5.28. The van der Waals surface area contributed by atoms with E-state index in [2.05, 4.69) is 15.9 Å². The molecule has 0 aliphatic heterocycles. The van der Waals surface area contributed by atoms with Gasteiger partial charge in [-0.2, -0.15) is 0 Å². The molecule has 0 amide bonds. The van der Waals surface area contributed by atoms with Crippen molar-refractivity contribution in [2.45, 2.75) is 25.5 Å². The van der Waals surface area contributed by atoms with E-state index in [4.69, 9.17) is 5.73 Å². The Labute approximate surface area is 91.7 Å². The molecule has 0 unspecified atom stereocenters. The largest absolute Gasteiger partial charge is 0.506 e. The van der Waals surface area contributed by atoms with Gasteiger partial charge in [0.15, 0.2) is 0 Å². The van der Waals surface area contributed by atoms with Gasteiger partial charge in [0.1, 0.15) is 5.75 Å². The molecule has 4 heteroatoms. The van der Waals surface area contributed by atoms with Crippen LogP contribution < -0.4 is 5.73 Å². The predicted molar refractivity (Wildman–Crippen MR) is 59.0 cm³/mol. The Balaban J connectivity index is 3.01. The number of benzene rings is 1. The van der Waals surface area contributed by atoms with E-state index in [1.165, 1.54) is 0 Å². The average molecular weight is 260 g/mol. The number of aliphatic hydroxyl groups excluding tert-OH is 1. The first-order valence-electron chi connectivity index (χ1n) is 4.49. The number of aliphatic hydroxyl groups is 1. The summed E-state index contributed by atoms with van der Waals surface area (Å²) in [4.78, 5) is 0. The lowest BCUT2D eigenvalue weighted by molar-refractivity contribution is 0.139. The average Bonchev–Trinajstić information content (AvgIpc) is 2.20. The van der Waals surface area contributed by atoms with Crippen LogP contribution in [0.2, 0.25) is 0 Å². The van der Waals surface area contributed by atoms with Gasteiger partial charge in [-0.15, -0.1) is 0 Å². The van der Waals surface area contributed by atoms with Gasteiger partial charge in [0.2, 0.25) is 0 Å². The molecule has 1 rings (SSSR count). The van der Waals surface area contributed by atoms with E-state index in [9.17, 15) is 10.2 Å². The highest BCUT2D eigenvalue weighted by atomic mass is 79.9. The molecule has 0 heterocycles. The Bertz CT molecular complexity index is 317. The Morgan fingerprint density at radius 3 is 2.71 bits per heavy atom. The molecule has 2 atom stereocenters. The van der Waals surface area contributed by atoms with Crippen molar-refractivity contribution in [3.05, 3.63) is 28.2 Å². The van der Waals surface area contributed by atoms with E-state index < -0.39 is 12.1 Å². The molecule has 0 bridgehead atoms. The fourth-order valence-electron chi connectivity index (χ4n) is 1.26. The fourth-order valence-corrected chi connectivity index (χ4v) is 1.64. The summed E-state index contributed by atoms with van der Waals surface area (Å²) in [5.41, 5.74) is 6.35. The van der Waals surface area contributed by atoms with Crippen molar-refractivity contribution in [1.29, 1.82) is 0 Å². The summed E-state index contributed by atoms with van der Waals surface area (Å²) < 4.78 is 0.591. The molecule has 0 spiro atoms. The van der Waals surface area contributed by atoms with Crippen LogP contribution in [0.4, 0.5) is 0 Å². The number of phenolic OH excluding ortho intramolecular Hbond substituents is 1. The maximum Gasteiger partial charge on any atom is 0.134 e. The third-order valence-corrected chi connectivity index (χ3v) is 2.85.